The van der Waals surface area contributed by atoms with Crippen LogP contribution in [0.25, 0.3) is 0 Å². The maximum atomic E-state index is 12.0. The highest BCUT2D eigenvalue weighted by Gasteiger charge is 2.07. The van der Waals surface area contributed by atoms with Gasteiger partial charge in [-0.05, 0) is 36.8 Å². The Morgan fingerprint density at radius 1 is 1.09 bits per heavy atom. The number of carbonyl (C=O) groups excluding carboxylic acids is 2. The summed E-state index contributed by atoms with van der Waals surface area (Å²) in [5.41, 5.74) is 3.65. The highest BCUT2D eigenvalue weighted by Crippen LogP contribution is 2.17. The summed E-state index contributed by atoms with van der Waals surface area (Å²) in [5, 5.41) is 2.86. The molecule has 0 bridgehead atoms. The first-order chi connectivity index (χ1) is 10.5. The average Bonchev–Trinajstić information content (AvgIpc) is 2.47. The first-order valence-electron chi connectivity index (χ1n) is 7.15. The Morgan fingerprint density at radius 2 is 1.77 bits per heavy atom. The molecular weight excluding hydrogens is 276 g/mol. The number of nitrogens with zero attached hydrogens (tertiary/aromatic N) is 1. The first-order valence-corrected chi connectivity index (χ1v) is 7.15. The number of benzene rings is 2. The third-order valence-electron chi connectivity index (χ3n) is 3.46. The van der Waals surface area contributed by atoms with E-state index in [9.17, 15) is 9.59 Å². The predicted octanol–water partition coefficient (Wildman–Crippen LogP) is 3.16. The van der Waals surface area contributed by atoms with Crippen LogP contribution in [0.15, 0.2) is 48.5 Å². The van der Waals surface area contributed by atoms with Gasteiger partial charge in [-0.25, -0.2) is 0 Å². The molecule has 0 atom stereocenters. The Kier molecular flexibility index (Phi) is 4.94. The largest absolute Gasteiger partial charge is 0.326 e. The lowest BCUT2D eigenvalue weighted by atomic mass is 10.1. The second-order valence-electron chi connectivity index (χ2n) is 5.34. The molecule has 4 heteroatoms. The van der Waals surface area contributed by atoms with E-state index in [1.165, 1.54) is 6.92 Å². The molecule has 0 unspecified atom stereocenters. The highest BCUT2D eigenvalue weighted by atomic mass is 16.2. The van der Waals surface area contributed by atoms with Crippen molar-refractivity contribution in [1.82, 2.24) is 0 Å². The molecule has 0 aliphatic heterocycles. The summed E-state index contributed by atoms with van der Waals surface area (Å²) in [7, 11) is 1.72. The van der Waals surface area contributed by atoms with E-state index in [1.54, 1.807) is 24.1 Å². The van der Waals surface area contributed by atoms with Crippen LogP contribution < -0.4 is 10.2 Å². The normalized spacial score (nSPS) is 10.1. The third kappa shape index (κ3) is 4.19. The standard InChI is InChI=1S/C18H20N2O2/c1-13-5-4-6-15(11-13)12-18(22)19-16-7-9-17(10-8-16)20(3)14(2)21/h4-11H,12H2,1-3H3,(H,19,22). The Balaban J connectivity index is 1.98. The van der Waals surface area contributed by atoms with Gasteiger partial charge in [-0.2, -0.15) is 0 Å². The van der Waals surface area contributed by atoms with Crippen molar-refractivity contribution >= 4 is 23.2 Å². The summed E-state index contributed by atoms with van der Waals surface area (Å²) in [6.07, 6.45) is 0.344. The summed E-state index contributed by atoms with van der Waals surface area (Å²) < 4.78 is 0. The highest BCUT2D eigenvalue weighted by molar-refractivity contribution is 5.93. The number of hydrogen-bond donors (Lipinski definition) is 1. The first kappa shape index (κ1) is 15.8. The summed E-state index contributed by atoms with van der Waals surface area (Å²) in [5.74, 6) is -0.0884. The van der Waals surface area contributed by atoms with Crippen LogP contribution in [-0.2, 0) is 16.0 Å². The zero-order chi connectivity index (χ0) is 16.1. The van der Waals surface area contributed by atoms with Crippen LogP contribution in [0.1, 0.15) is 18.1 Å². The molecule has 0 aliphatic carbocycles. The lowest BCUT2D eigenvalue weighted by Crippen LogP contribution is -2.22. The molecule has 22 heavy (non-hydrogen) atoms. The maximum absolute atomic E-state index is 12.0. The monoisotopic (exact) mass is 296 g/mol. The van der Waals surface area contributed by atoms with E-state index >= 15 is 0 Å². The molecule has 0 saturated heterocycles. The van der Waals surface area contributed by atoms with Gasteiger partial charge in [-0.15, -0.1) is 0 Å². The molecule has 2 rings (SSSR count). The minimum Gasteiger partial charge on any atom is -0.326 e. The van der Waals surface area contributed by atoms with Gasteiger partial charge in [-0.1, -0.05) is 29.8 Å². The zero-order valence-electron chi connectivity index (χ0n) is 13.1. The second kappa shape index (κ2) is 6.89. The summed E-state index contributed by atoms with van der Waals surface area (Å²) in [4.78, 5) is 24.9. The van der Waals surface area contributed by atoms with Crippen molar-refractivity contribution in [3.05, 3.63) is 59.7 Å². The van der Waals surface area contributed by atoms with Crippen LogP contribution >= 0.6 is 0 Å². The van der Waals surface area contributed by atoms with Gasteiger partial charge in [0.15, 0.2) is 0 Å². The fourth-order valence-electron chi connectivity index (χ4n) is 2.16. The lowest BCUT2D eigenvalue weighted by molar-refractivity contribution is -0.116. The Labute approximate surface area is 130 Å². The van der Waals surface area contributed by atoms with Crippen molar-refractivity contribution in [2.24, 2.45) is 0 Å². The van der Waals surface area contributed by atoms with Gasteiger partial charge in [-0.3, -0.25) is 9.59 Å². The molecule has 0 aliphatic rings. The summed E-state index contributed by atoms with van der Waals surface area (Å²) in [6.45, 7) is 3.52. The van der Waals surface area contributed by atoms with Gasteiger partial charge < -0.3 is 10.2 Å². The number of rotatable bonds is 4. The predicted molar refractivity (Wildman–Crippen MR) is 89.0 cm³/mol. The van der Waals surface area contributed by atoms with Crippen LogP contribution in [-0.4, -0.2) is 18.9 Å². The zero-order valence-corrected chi connectivity index (χ0v) is 13.1. The molecule has 0 radical (unpaired) electrons. The number of amides is 2. The minimum absolute atomic E-state index is 0.0313. The number of anilines is 2. The van der Waals surface area contributed by atoms with Crippen molar-refractivity contribution in [1.29, 1.82) is 0 Å². The molecule has 114 valence electrons. The van der Waals surface area contributed by atoms with E-state index in [1.807, 2.05) is 43.3 Å². The second-order valence-corrected chi connectivity index (χ2v) is 5.34. The molecule has 2 aromatic carbocycles. The van der Waals surface area contributed by atoms with E-state index in [-0.39, 0.29) is 11.8 Å². The quantitative estimate of drug-likeness (QED) is 0.942. The Hall–Kier alpha value is -2.62. The molecule has 0 saturated carbocycles. The van der Waals surface area contributed by atoms with Gasteiger partial charge in [0.05, 0.1) is 6.42 Å². The Bertz CT molecular complexity index is 678. The van der Waals surface area contributed by atoms with Gasteiger partial charge >= 0.3 is 0 Å². The van der Waals surface area contributed by atoms with Gasteiger partial charge in [0.25, 0.3) is 0 Å². The number of aryl methyl sites for hydroxylation is 1. The molecule has 0 aromatic heterocycles. The van der Waals surface area contributed by atoms with Crippen molar-refractivity contribution < 1.29 is 9.59 Å². The molecule has 0 fully saturated rings. The summed E-state index contributed by atoms with van der Waals surface area (Å²) in [6, 6.07) is 15.1. The van der Waals surface area contributed by atoms with Crippen LogP contribution in [0.4, 0.5) is 11.4 Å². The molecule has 4 nitrogen and oxygen atoms in total. The van der Waals surface area contributed by atoms with Crippen LogP contribution in [0.3, 0.4) is 0 Å². The SMILES string of the molecule is CC(=O)N(C)c1ccc(NC(=O)Cc2cccc(C)c2)cc1. The summed E-state index contributed by atoms with van der Waals surface area (Å²) >= 11 is 0. The van der Waals surface area contributed by atoms with E-state index in [0.29, 0.717) is 6.42 Å². The average molecular weight is 296 g/mol. The van der Waals surface area contributed by atoms with Gasteiger partial charge in [0, 0.05) is 25.3 Å². The minimum atomic E-state index is -0.0572. The van der Waals surface area contributed by atoms with Crippen molar-refractivity contribution in [3.63, 3.8) is 0 Å². The van der Waals surface area contributed by atoms with Gasteiger partial charge in [0.1, 0.15) is 0 Å². The van der Waals surface area contributed by atoms with E-state index in [4.69, 9.17) is 0 Å². The number of carbonyl (C=O) groups is 2. The fraction of sp³-hybridized carbons (Fsp3) is 0.222. The molecule has 0 spiro atoms. The molecule has 0 heterocycles. The maximum Gasteiger partial charge on any atom is 0.228 e. The molecule has 2 amide bonds. The lowest BCUT2D eigenvalue weighted by Gasteiger charge is -2.15. The third-order valence-corrected chi connectivity index (χ3v) is 3.46. The van der Waals surface area contributed by atoms with Gasteiger partial charge in [0.2, 0.25) is 11.8 Å². The van der Waals surface area contributed by atoms with E-state index < -0.39 is 0 Å². The number of hydrogen-bond acceptors (Lipinski definition) is 2. The van der Waals surface area contributed by atoms with E-state index in [2.05, 4.69) is 5.32 Å². The molecular formula is C18H20N2O2. The molecule has 1 N–H and O–H groups in total. The Morgan fingerprint density at radius 3 is 2.36 bits per heavy atom. The van der Waals surface area contributed by atoms with Crippen molar-refractivity contribution in [2.75, 3.05) is 17.3 Å². The van der Waals surface area contributed by atoms with Crippen molar-refractivity contribution in [3.8, 4) is 0 Å². The molecule has 2 aromatic rings. The van der Waals surface area contributed by atoms with E-state index in [0.717, 1.165) is 22.5 Å². The smallest absolute Gasteiger partial charge is 0.228 e. The van der Waals surface area contributed by atoms with Crippen LogP contribution in [0.2, 0.25) is 0 Å². The van der Waals surface area contributed by atoms with Crippen LogP contribution in [0, 0.1) is 6.92 Å². The van der Waals surface area contributed by atoms with Crippen molar-refractivity contribution in [2.45, 2.75) is 20.3 Å². The topological polar surface area (TPSA) is 49.4 Å². The van der Waals surface area contributed by atoms with Crippen LogP contribution in [0.5, 0.6) is 0 Å². The number of nitrogens with one attached hydrogen (secondary N) is 1. The fourth-order valence-corrected chi connectivity index (χ4v) is 2.16.